The number of aromatic nitrogens is 2. The Morgan fingerprint density at radius 2 is 2.12 bits per heavy atom. The largest absolute Gasteiger partial charge is 0.334 e. The Kier molecular flexibility index (Phi) is 4.00. The number of urea groups is 1. The SMILES string of the molecule is Cn1ccnc1-c1cccc(NC(=O)N2CC[C@H]3CCCC[C@@H]32)c1. The molecule has 2 atom stereocenters. The third-order valence-electron chi connectivity index (χ3n) is 5.46. The van der Waals surface area contributed by atoms with Crippen LogP contribution in [0.3, 0.4) is 0 Å². The summed E-state index contributed by atoms with van der Waals surface area (Å²) in [5, 5.41) is 3.09. The first-order valence-corrected chi connectivity index (χ1v) is 8.88. The second kappa shape index (κ2) is 6.30. The second-order valence-corrected chi connectivity index (χ2v) is 6.97. The van der Waals surface area contributed by atoms with Gasteiger partial charge in [0.05, 0.1) is 0 Å². The van der Waals surface area contributed by atoms with Crippen molar-refractivity contribution in [3.8, 4) is 11.4 Å². The average Bonchev–Trinajstić information content (AvgIpc) is 3.21. The van der Waals surface area contributed by atoms with E-state index in [0.717, 1.165) is 36.5 Å². The minimum absolute atomic E-state index is 0.0430. The number of imidazole rings is 1. The van der Waals surface area contributed by atoms with E-state index in [-0.39, 0.29) is 6.03 Å². The number of hydrogen-bond donors (Lipinski definition) is 1. The van der Waals surface area contributed by atoms with Crippen LogP contribution in [0.5, 0.6) is 0 Å². The van der Waals surface area contributed by atoms with E-state index < -0.39 is 0 Å². The normalized spacial score (nSPS) is 23.1. The number of carbonyl (C=O) groups is 1. The lowest BCUT2D eigenvalue weighted by Gasteiger charge is -2.31. The number of carbonyl (C=O) groups excluding carboxylic acids is 1. The average molecular weight is 324 g/mol. The van der Waals surface area contributed by atoms with Gasteiger partial charge in [-0.05, 0) is 37.3 Å². The zero-order valence-corrected chi connectivity index (χ0v) is 14.1. The van der Waals surface area contributed by atoms with Crippen LogP contribution in [-0.4, -0.2) is 33.1 Å². The summed E-state index contributed by atoms with van der Waals surface area (Å²) in [5.41, 5.74) is 1.84. The molecule has 0 bridgehead atoms. The van der Waals surface area contributed by atoms with E-state index in [1.165, 1.54) is 19.3 Å². The summed E-state index contributed by atoms with van der Waals surface area (Å²) in [6.45, 7) is 0.889. The zero-order valence-electron chi connectivity index (χ0n) is 14.1. The first-order chi connectivity index (χ1) is 11.7. The van der Waals surface area contributed by atoms with Crippen molar-refractivity contribution in [1.29, 1.82) is 0 Å². The van der Waals surface area contributed by atoms with E-state index >= 15 is 0 Å². The van der Waals surface area contributed by atoms with E-state index in [1.54, 1.807) is 6.20 Å². The molecule has 126 valence electrons. The molecule has 0 radical (unpaired) electrons. The van der Waals surface area contributed by atoms with Gasteiger partial charge in [-0.15, -0.1) is 0 Å². The number of hydrogen-bond acceptors (Lipinski definition) is 2. The van der Waals surface area contributed by atoms with Crippen molar-refractivity contribution in [3.05, 3.63) is 36.7 Å². The van der Waals surface area contributed by atoms with Crippen LogP contribution >= 0.6 is 0 Å². The number of benzene rings is 1. The van der Waals surface area contributed by atoms with Crippen molar-refractivity contribution in [2.45, 2.75) is 38.1 Å². The fourth-order valence-electron chi connectivity index (χ4n) is 4.23. The molecule has 1 saturated carbocycles. The fraction of sp³-hybridized carbons (Fsp3) is 0.474. The maximum atomic E-state index is 12.7. The molecular formula is C19H24N4O. The quantitative estimate of drug-likeness (QED) is 0.911. The van der Waals surface area contributed by atoms with Crippen molar-refractivity contribution in [3.63, 3.8) is 0 Å². The second-order valence-electron chi connectivity index (χ2n) is 6.97. The van der Waals surface area contributed by atoms with Gasteiger partial charge in [0.2, 0.25) is 0 Å². The van der Waals surface area contributed by atoms with Crippen molar-refractivity contribution in [2.75, 3.05) is 11.9 Å². The van der Waals surface area contributed by atoms with Gasteiger partial charge in [-0.25, -0.2) is 9.78 Å². The molecular weight excluding hydrogens is 300 g/mol. The monoisotopic (exact) mass is 324 g/mol. The molecule has 4 rings (SSSR count). The molecule has 1 aromatic heterocycles. The summed E-state index contributed by atoms with van der Waals surface area (Å²) in [6, 6.07) is 8.41. The van der Waals surface area contributed by atoms with Crippen LogP contribution in [0, 0.1) is 5.92 Å². The van der Waals surface area contributed by atoms with E-state index in [9.17, 15) is 4.79 Å². The summed E-state index contributed by atoms with van der Waals surface area (Å²) in [4.78, 5) is 19.2. The number of anilines is 1. The first-order valence-electron chi connectivity index (χ1n) is 8.88. The molecule has 5 nitrogen and oxygen atoms in total. The summed E-state index contributed by atoms with van der Waals surface area (Å²) >= 11 is 0. The number of nitrogens with one attached hydrogen (secondary N) is 1. The molecule has 1 aromatic carbocycles. The van der Waals surface area contributed by atoms with Crippen LogP contribution < -0.4 is 5.32 Å². The Hall–Kier alpha value is -2.30. The molecule has 0 spiro atoms. The lowest BCUT2D eigenvalue weighted by molar-refractivity contribution is 0.182. The number of nitrogens with zero attached hydrogens (tertiary/aromatic N) is 3. The molecule has 5 heteroatoms. The molecule has 2 fully saturated rings. The number of fused-ring (bicyclic) bond motifs is 1. The Morgan fingerprint density at radius 3 is 2.96 bits per heavy atom. The third-order valence-corrected chi connectivity index (χ3v) is 5.46. The van der Waals surface area contributed by atoms with E-state index in [2.05, 4.69) is 15.2 Å². The van der Waals surface area contributed by atoms with Crippen molar-refractivity contribution >= 4 is 11.7 Å². The molecule has 2 amide bonds. The van der Waals surface area contributed by atoms with Gasteiger partial charge in [-0.2, -0.15) is 0 Å². The van der Waals surface area contributed by atoms with E-state index in [4.69, 9.17) is 0 Å². The predicted molar refractivity (Wildman–Crippen MR) is 94.7 cm³/mol. The van der Waals surface area contributed by atoms with Gasteiger partial charge in [0, 0.05) is 43.3 Å². The lowest BCUT2D eigenvalue weighted by atomic mass is 9.85. The van der Waals surface area contributed by atoms with Gasteiger partial charge in [-0.3, -0.25) is 0 Å². The van der Waals surface area contributed by atoms with Crippen LogP contribution in [0.25, 0.3) is 11.4 Å². The Bertz CT molecular complexity index is 738. The summed E-state index contributed by atoms with van der Waals surface area (Å²) in [7, 11) is 1.97. The van der Waals surface area contributed by atoms with Gasteiger partial charge in [0.1, 0.15) is 5.82 Å². The number of amides is 2. The molecule has 24 heavy (non-hydrogen) atoms. The van der Waals surface area contributed by atoms with Gasteiger partial charge in [0.15, 0.2) is 0 Å². The molecule has 1 N–H and O–H groups in total. The van der Waals surface area contributed by atoms with E-state index in [1.807, 2.05) is 42.1 Å². The van der Waals surface area contributed by atoms with Crippen molar-refractivity contribution in [2.24, 2.45) is 13.0 Å². The highest BCUT2D eigenvalue weighted by atomic mass is 16.2. The van der Waals surface area contributed by atoms with Gasteiger partial charge < -0.3 is 14.8 Å². The maximum Gasteiger partial charge on any atom is 0.322 e. The molecule has 2 heterocycles. The van der Waals surface area contributed by atoms with Gasteiger partial charge >= 0.3 is 6.03 Å². The molecule has 2 aliphatic rings. The summed E-state index contributed by atoms with van der Waals surface area (Å²) in [6.07, 6.45) is 9.88. The summed E-state index contributed by atoms with van der Waals surface area (Å²) in [5.74, 6) is 1.61. The van der Waals surface area contributed by atoms with Crippen molar-refractivity contribution < 1.29 is 4.79 Å². The zero-order chi connectivity index (χ0) is 16.5. The molecule has 1 aliphatic heterocycles. The van der Waals surface area contributed by atoms with Gasteiger partial charge in [-0.1, -0.05) is 25.0 Å². The minimum Gasteiger partial charge on any atom is -0.334 e. The predicted octanol–water partition coefficient (Wildman–Crippen LogP) is 3.88. The molecule has 0 unspecified atom stereocenters. The third kappa shape index (κ3) is 2.79. The smallest absolute Gasteiger partial charge is 0.322 e. The van der Waals surface area contributed by atoms with Crippen LogP contribution in [-0.2, 0) is 7.05 Å². The lowest BCUT2D eigenvalue weighted by Crippen LogP contribution is -2.41. The summed E-state index contributed by atoms with van der Waals surface area (Å²) < 4.78 is 1.98. The van der Waals surface area contributed by atoms with Crippen molar-refractivity contribution in [1.82, 2.24) is 14.5 Å². The topological polar surface area (TPSA) is 50.2 Å². The minimum atomic E-state index is 0.0430. The number of aryl methyl sites for hydroxylation is 1. The molecule has 1 aliphatic carbocycles. The maximum absolute atomic E-state index is 12.7. The van der Waals surface area contributed by atoms with Gasteiger partial charge in [0.25, 0.3) is 0 Å². The Balaban J connectivity index is 1.49. The van der Waals surface area contributed by atoms with Crippen LogP contribution in [0.1, 0.15) is 32.1 Å². The highest BCUT2D eigenvalue weighted by Crippen LogP contribution is 2.36. The Labute approximate surface area is 142 Å². The highest BCUT2D eigenvalue weighted by Gasteiger charge is 2.38. The van der Waals surface area contributed by atoms with Crippen LogP contribution in [0.15, 0.2) is 36.7 Å². The highest BCUT2D eigenvalue weighted by molar-refractivity contribution is 5.90. The standard InChI is InChI=1S/C19H24N4O/c1-22-12-10-20-18(22)15-6-4-7-16(13-15)21-19(24)23-11-9-14-5-2-3-8-17(14)23/h4,6-7,10,12-14,17H,2-3,5,8-9,11H2,1H3,(H,21,24)/t14-,17+/m1/s1. The van der Waals surface area contributed by atoms with E-state index in [0.29, 0.717) is 12.0 Å². The molecule has 2 aromatic rings. The van der Waals surface area contributed by atoms with Crippen LogP contribution in [0.2, 0.25) is 0 Å². The molecule has 1 saturated heterocycles. The number of likely N-dealkylation sites (tertiary alicyclic amines) is 1. The first kappa shape index (κ1) is 15.2. The Morgan fingerprint density at radius 1 is 1.25 bits per heavy atom. The number of rotatable bonds is 2. The fourth-order valence-corrected chi connectivity index (χ4v) is 4.23. The van der Waals surface area contributed by atoms with Crippen LogP contribution in [0.4, 0.5) is 10.5 Å².